The predicted molar refractivity (Wildman–Crippen MR) is 66.6 cm³/mol. The Hall–Kier alpha value is -0.610. The lowest BCUT2D eigenvalue weighted by Gasteiger charge is -2.15. The van der Waals surface area contributed by atoms with E-state index >= 15 is 0 Å². The van der Waals surface area contributed by atoms with Crippen molar-refractivity contribution in [3.05, 3.63) is 29.0 Å². The number of amides is 1. The highest BCUT2D eigenvalue weighted by molar-refractivity contribution is 9.09. The SMILES string of the molecule is O=C1CC(CBr)CN1Cc1cccc(Cl)n1. The van der Waals surface area contributed by atoms with Gasteiger partial charge in [0, 0.05) is 18.3 Å². The van der Waals surface area contributed by atoms with Crippen molar-refractivity contribution in [2.75, 3.05) is 11.9 Å². The van der Waals surface area contributed by atoms with Gasteiger partial charge in [-0.05, 0) is 18.1 Å². The fourth-order valence-electron chi connectivity index (χ4n) is 1.84. The molecule has 2 heterocycles. The van der Waals surface area contributed by atoms with Gasteiger partial charge in [-0.3, -0.25) is 4.79 Å². The van der Waals surface area contributed by atoms with Crippen LogP contribution in [0.2, 0.25) is 5.15 Å². The van der Waals surface area contributed by atoms with Gasteiger partial charge in [0.25, 0.3) is 0 Å². The van der Waals surface area contributed by atoms with Gasteiger partial charge in [-0.1, -0.05) is 33.6 Å². The van der Waals surface area contributed by atoms with E-state index in [1.807, 2.05) is 17.0 Å². The van der Waals surface area contributed by atoms with E-state index in [-0.39, 0.29) is 5.91 Å². The number of likely N-dealkylation sites (tertiary alicyclic amines) is 1. The van der Waals surface area contributed by atoms with E-state index in [1.54, 1.807) is 6.07 Å². The van der Waals surface area contributed by atoms with Gasteiger partial charge in [-0.2, -0.15) is 0 Å². The number of hydrogen-bond donors (Lipinski definition) is 0. The van der Waals surface area contributed by atoms with Crippen molar-refractivity contribution in [2.45, 2.75) is 13.0 Å². The Morgan fingerprint density at radius 3 is 3.00 bits per heavy atom. The molecule has 1 aromatic rings. The fraction of sp³-hybridized carbons (Fsp3) is 0.455. The maximum atomic E-state index is 11.7. The average Bonchev–Trinajstić information content (AvgIpc) is 2.60. The minimum Gasteiger partial charge on any atom is -0.336 e. The molecule has 1 amide bonds. The molecule has 1 unspecified atom stereocenters. The minimum absolute atomic E-state index is 0.200. The molecule has 0 aromatic carbocycles. The monoisotopic (exact) mass is 302 g/mol. The third-order valence-electron chi connectivity index (χ3n) is 2.64. The maximum absolute atomic E-state index is 11.7. The van der Waals surface area contributed by atoms with Crippen LogP contribution in [-0.2, 0) is 11.3 Å². The highest BCUT2D eigenvalue weighted by Gasteiger charge is 2.28. The van der Waals surface area contributed by atoms with E-state index in [0.717, 1.165) is 17.6 Å². The summed E-state index contributed by atoms with van der Waals surface area (Å²) < 4.78 is 0. The first-order valence-corrected chi connectivity index (χ1v) is 6.64. The van der Waals surface area contributed by atoms with Crippen molar-refractivity contribution in [1.82, 2.24) is 9.88 Å². The molecule has 1 saturated heterocycles. The number of nitrogens with zero attached hydrogens (tertiary/aromatic N) is 2. The van der Waals surface area contributed by atoms with Gasteiger partial charge in [0.2, 0.25) is 5.91 Å². The van der Waals surface area contributed by atoms with Crippen LogP contribution in [0.15, 0.2) is 18.2 Å². The Morgan fingerprint density at radius 1 is 1.56 bits per heavy atom. The van der Waals surface area contributed by atoms with Crippen molar-refractivity contribution in [1.29, 1.82) is 0 Å². The average molecular weight is 304 g/mol. The van der Waals surface area contributed by atoms with Crippen LogP contribution >= 0.6 is 27.5 Å². The molecule has 0 aliphatic carbocycles. The largest absolute Gasteiger partial charge is 0.336 e. The summed E-state index contributed by atoms with van der Waals surface area (Å²) in [5.41, 5.74) is 0.844. The Labute approximate surface area is 108 Å². The Balaban J connectivity index is 2.03. The highest BCUT2D eigenvalue weighted by atomic mass is 79.9. The molecule has 1 atom stereocenters. The van der Waals surface area contributed by atoms with Crippen molar-refractivity contribution in [2.24, 2.45) is 5.92 Å². The van der Waals surface area contributed by atoms with Crippen LogP contribution in [-0.4, -0.2) is 27.7 Å². The summed E-state index contributed by atoms with van der Waals surface area (Å²) in [5.74, 6) is 0.623. The van der Waals surface area contributed by atoms with Gasteiger partial charge in [0.15, 0.2) is 0 Å². The first-order chi connectivity index (χ1) is 7.69. The lowest BCUT2D eigenvalue weighted by Crippen LogP contribution is -2.25. The standard InChI is InChI=1S/C11H12BrClN2O/c12-5-8-4-11(16)15(6-8)7-9-2-1-3-10(13)14-9/h1-3,8H,4-7H2. The number of carbonyl (C=O) groups is 1. The van der Waals surface area contributed by atoms with Crippen LogP contribution in [0.3, 0.4) is 0 Å². The first-order valence-electron chi connectivity index (χ1n) is 5.14. The van der Waals surface area contributed by atoms with E-state index in [4.69, 9.17) is 11.6 Å². The number of carbonyl (C=O) groups excluding carboxylic acids is 1. The van der Waals surface area contributed by atoms with Crippen LogP contribution in [0.4, 0.5) is 0 Å². The van der Waals surface area contributed by atoms with E-state index in [9.17, 15) is 4.79 Å². The molecule has 1 fully saturated rings. The Bertz CT molecular complexity index is 399. The quantitative estimate of drug-likeness (QED) is 0.635. The fourth-order valence-corrected chi connectivity index (χ4v) is 2.46. The highest BCUT2D eigenvalue weighted by Crippen LogP contribution is 2.21. The molecule has 5 heteroatoms. The summed E-state index contributed by atoms with van der Waals surface area (Å²) in [7, 11) is 0. The zero-order valence-corrected chi connectivity index (χ0v) is 11.0. The summed E-state index contributed by atoms with van der Waals surface area (Å²) in [6.07, 6.45) is 0.631. The van der Waals surface area contributed by atoms with Gasteiger partial charge in [0.1, 0.15) is 5.15 Å². The lowest BCUT2D eigenvalue weighted by molar-refractivity contribution is -0.128. The van der Waals surface area contributed by atoms with Gasteiger partial charge >= 0.3 is 0 Å². The van der Waals surface area contributed by atoms with Gasteiger partial charge in [-0.15, -0.1) is 0 Å². The Morgan fingerprint density at radius 2 is 2.38 bits per heavy atom. The second kappa shape index (κ2) is 5.15. The zero-order chi connectivity index (χ0) is 11.5. The molecule has 1 aromatic heterocycles. The smallest absolute Gasteiger partial charge is 0.223 e. The van der Waals surface area contributed by atoms with Crippen LogP contribution in [0.25, 0.3) is 0 Å². The minimum atomic E-state index is 0.200. The maximum Gasteiger partial charge on any atom is 0.223 e. The van der Waals surface area contributed by atoms with Crippen LogP contribution in [0.5, 0.6) is 0 Å². The second-order valence-electron chi connectivity index (χ2n) is 3.95. The predicted octanol–water partition coefficient (Wildman–Crippen LogP) is 2.48. The topological polar surface area (TPSA) is 33.2 Å². The summed E-state index contributed by atoms with van der Waals surface area (Å²) >= 11 is 9.21. The molecular weight excluding hydrogens is 291 g/mol. The Kier molecular flexibility index (Phi) is 3.82. The van der Waals surface area contributed by atoms with Crippen LogP contribution in [0, 0.1) is 5.92 Å². The number of rotatable bonds is 3. The molecule has 0 N–H and O–H groups in total. The van der Waals surface area contributed by atoms with E-state index in [0.29, 0.717) is 24.0 Å². The summed E-state index contributed by atoms with van der Waals surface area (Å²) in [4.78, 5) is 17.7. The molecular formula is C11H12BrClN2O. The van der Waals surface area contributed by atoms with Gasteiger partial charge in [-0.25, -0.2) is 4.98 Å². The molecule has 86 valence electrons. The molecule has 1 aliphatic rings. The number of halogens is 2. The van der Waals surface area contributed by atoms with Crippen molar-refractivity contribution >= 4 is 33.4 Å². The van der Waals surface area contributed by atoms with Crippen molar-refractivity contribution in [3.63, 3.8) is 0 Å². The molecule has 1 aliphatic heterocycles. The molecule has 3 nitrogen and oxygen atoms in total. The van der Waals surface area contributed by atoms with Gasteiger partial charge < -0.3 is 4.90 Å². The zero-order valence-electron chi connectivity index (χ0n) is 8.70. The molecule has 0 bridgehead atoms. The van der Waals surface area contributed by atoms with Gasteiger partial charge in [0.05, 0.1) is 12.2 Å². The van der Waals surface area contributed by atoms with Crippen molar-refractivity contribution in [3.8, 4) is 0 Å². The lowest BCUT2D eigenvalue weighted by atomic mass is 10.2. The third kappa shape index (κ3) is 2.74. The molecule has 0 radical (unpaired) electrons. The normalized spacial score (nSPS) is 20.5. The number of hydrogen-bond acceptors (Lipinski definition) is 2. The second-order valence-corrected chi connectivity index (χ2v) is 4.99. The molecule has 0 spiro atoms. The van der Waals surface area contributed by atoms with Crippen LogP contribution in [0.1, 0.15) is 12.1 Å². The van der Waals surface area contributed by atoms with Crippen LogP contribution < -0.4 is 0 Å². The van der Waals surface area contributed by atoms with Crippen molar-refractivity contribution < 1.29 is 4.79 Å². The summed E-state index contributed by atoms with van der Waals surface area (Å²) in [5, 5.41) is 1.35. The molecule has 2 rings (SSSR count). The van der Waals surface area contributed by atoms with E-state index < -0.39 is 0 Å². The van der Waals surface area contributed by atoms with E-state index in [1.165, 1.54) is 0 Å². The first kappa shape index (κ1) is 11.9. The van der Waals surface area contributed by atoms with E-state index in [2.05, 4.69) is 20.9 Å². The third-order valence-corrected chi connectivity index (χ3v) is 3.76. The number of pyridine rings is 1. The summed E-state index contributed by atoms with van der Waals surface area (Å²) in [6, 6.07) is 5.48. The number of aromatic nitrogens is 1. The molecule has 0 saturated carbocycles. The molecule has 16 heavy (non-hydrogen) atoms. The number of alkyl halides is 1. The summed E-state index contributed by atoms with van der Waals surface area (Å²) in [6.45, 7) is 1.36.